The van der Waals surface area contributed by atoms with E-state index in [0.29, 0.717) is 60.0 Å². The van der Waals surface area contributed by atoms with Gasteiger partial charge in [0.05, 0.1) is 43.1 Å². The maximum absolute atomic E-state index is 14.0. The largest absolute Gasteiger partial charge is 0.466 e. The topological polar surface area (TPSA) is 147 Å². The van der Waals surface area contributed by atoms with Crippen molar-refractivity contribution in [3.63, 3.8) is 0 Å². The van der Waals surface area contributed by atoms with Crippen LogP contribution in [-0.4, -0.2) is 84.3 Å². The van der Waals surface area contributed by atoms with Crippen LogP contribution in [0.15, 0.2) is 66.9 Å². The number of amides is 3. The van der Waals surface area contributed by atoms with Gasteiger partial charge in [0.1, 0.15) is 5.00 Å². The van der Waals surface area contributed by atoms with Crippen LogP contribution in [0.4, 0.5) is 10.7 Å². The van der Waals surface area contributed by atoms with Gasteiger partial charge >= 0.3 is 11.9 Å². The summed E-state index contributed by atoms with van der Waals surface area (Å²) in [6.07, 6.45) is 8.78. The summed E-state index contributed by atoms with van der Waals surface area (Å²) in [5.41, 5.74) is 5.99. The zero-order valence-electron chi connectivity index (χ0n) is 34.9. The maximum atomic E-state index is 14.0. The SMILES string of the molecule is CCOC(=O)CCC(=O)N(C)CCN(Cc1cccc(C(=O)Nc2sc3c(c2C(=O)Nc2ccc(CCc4ccc(C(=O)OC)cc4)nc2)CCCC3)c1)C(CC)CC. The Labute approximate surface area is 351 Å². The number of esters is 2. The molecule has 0 fully saturated rings. The standard InChI is InChI=1S/C46H57N5O7S/c1-6-37(7-2)51(27-26-50(4)40(52)24-25-41(53)58-8-3)30-32-12-11-13-34(28-32)43(54)49-45-42(38-14-9-10-15-39(38)59-45)44(55)48-36-23-22-35(47-29-36)21-18-31-16-19-33(20-17-31)46(56)57-5/h11-13,16-17,19-20,22-23,28-29,37H,6-10,14-15,18,21,24-27,30H2,1-5H3,(H,48,55)(H,49,54). The number of nitrogens with zero attached hydrogens (tertiary/aromatic N) is 3. The van der Waals surface area contributed by atoms with Gasteiger partial charge in [-0.05, 0) is 111 Å². The van der Waals surface area contributed by atoms with Crippen molar-refractivity contribution in [3.05, 3.63) is 111 Å². The molecule has 13 heteroatoms. The highest BCUT2D eigenvalue weighted by Crippen LogP contribution is 2.39. The zero-order valence-corrected chi connectivity index (χ0v) is 35.8. The highest BCUT2D eigenvalue weighted by molar-refractivity contribution is 7.17. The van der Waals surface area contributed by atoms with Gasteiger partial charge in [0.2, 0.25) is 5.91 Å². The molecule has 4 aromatic rings. The number of anilines is 2. The number of pyridine rings is 1. The van der Waals surface area contributed by atoms with Crippen LogP contribution in [0.2, 0.25) is 0 Å². The number of methoxy groups -OCH3 is 1. The molecule has 0 aliphatic heterocycles. The van der Waals surface area contributed by atoms with Gasteiger partial charge < -0.3 is 25.0 Å². The Hall–Kier alpha value is -5.40. The Morgan fingerprint density at radius 1 is 0.831 bits per heavy atom. The third-order valence-corrected chi connectivity index (χ3v) is 12.0. The Kier molecular flexibility index (Phi) is 16.7. The molecule has 1 aliphatic carbocycles. The molecule has 0 saturated heterocycles. The van der Waals surface area contributed by atoms with E-state index in [1.54, 1.807) is 43.3 Å². The molecule has 2 aromatic carbocycles. The first kappa shape index (κ1) is 44.7. The first-order valence-electron chi connectivity index (χ1n) is 20.6. The van der Waals surface area contributed by atoms with Gasteiger partial charge in [-0.1, -0.05) is 38.1 Å². The van der Waals surface area contributed by atoms with Gasteiger partial charge in [-0.15, -0.1) is 11.3 Å². The zero-order chi connectivity index (χ0) is 42.3. The first-order chi connectivity index (χ1) is 28.5. The number of ether oxygens (including phenoxy) is 2. The van der Waals surface area contributed by atoms with E-state index < -0.39 is 0 Å². The van der Waals surface area contributed by atoms with Gasteiger partial charge in [0, 0.05) is 55.3 Å². The minimum absolute atomic E-state index is 0.0638. The van der Waals surface area contributed by atoms with E-state index in [1.165, 1.54) is 18.4 Å². The fraction of sp³-hybridized carbons (Fsp3) is 0.435. The van der Waals surface area contributed by atoms with Crippen LogP contribution < -0.4 is 10.6 Å². The Morgan fingerprint density at radius 3 is 2.29 bits per heavy atom. The minimum atomic E-state index is -0.370. The van der Waals surface area contributed by atoms with Crippen molar-refractivity contribution >= 4 is 51.7 Å². The summed E-state index contributed by atoms with van der Waals surface area (Å²) in [6.45, 7) is 8.07. The number of fused-ring (bicyclic) bond motifs is 1. The molecule has 0 atom stereocenters. The molecule has 2 heterocycles. The fourth-order valence-corrected chi connectivity index (χ4v) is 8.67. The summed E-state index contributed by atoms with van der Waals surface area (Å²) < 4.78 is 9.75. The number of rotatable bonds is 20. The summed E-state index contributed by atoms with van der Waals surface area (Å²) >= 11 is 1.48. The summed E-state index contributed by atoms with van der Waals surface area (Å²) in [4.78, 5) is 73.8. The van der Waals surface area contributed by atoms with Gasteiger partial charge in [-0.25, -0.2) is 4.79 Å². The van der Waals surface area contributed by atoms with Crippen LogP contribution in [0.1, 0.15) is 118 Å². The average Bonchev–Trinajstić information content (AvgIpc) is 3.62. The molecule has 0 bridgehead atoms. The lowest BCUT2D eigenvalue weighted by atomic mass is 9.95. The summed E-state index contributed by atoms with van der Waals surface area (Å²) in [5, 5.41) is 6.67. The van der Waals surface area contributed by atoms with Crippen molar-refractivity contribution in [2.24, 2.45) is 0 Å². The second-order valence-electron chi connectivity index (χ2n) is 14.8. The average molecular weight is 824 g/mol. The van der Waals surface area contributed by atoms with Crippen molar-refractivity contribution in [2.45, 2.75) is 97.6 Å². The maximum Gasteiger partial charge on any atom is 0.337 e. The molecule has 12 nitrogen and oxygen atoms in total. The van der Waals surface area contributed by atoms with Gasteiger partial charge in [-0.3, -0.25) is 29.1 Å². The lowest BCUT2D eigenvalue weighted by Gasteiger charge is -2.32. The van der Waals surface area contributed by atoms with Crippen LogP contribution in [0.3, 0.4) is 0 Å². The molecular formula is C46H57N5O7S. The number of nitrogens with one attached hydrogen (secondary N) is 2. The minimum Gasteiger partial charge on any atom is -0.466 e. The Bertz CT molecular complexity index is 2060. The number of aromatic nitrogens is 1. The van der Waals surface area contributed by atoms with Gasteiger partial charge in [0.15, 0.2) is 0 Å². The Morgan fingerprint density at radius 2 is 1.59 bits per heavy atom. The lowest BCUT2D eigenvalue weighted by molar-refractivity contribution is -0.145. The molecule has 59 heavy (non-hydrogen) atoms. The predicted octanol–water partition coefficient (Wildman–Crippen LogP) is 7.89. The number of thiophene rings is 1. The smallest absolute Gasteiger partial charge is 0.337 e. The van der Waals surface area contributed by atoms with Crippen molar-refractivity contribution in [1.29, 1.82) is 0 Å². The van der Waals surface area contributed by atoms with E-state index in [9.17, 15) is 24.0 Å². The second-order valence-corrected chi connectivity index (χ2v) is 15.9. The van der Waals surface area contributed by atoms with Crippen LogP contribution in [0.5, 0.6) is 0 Å². The summed E-state index contributed by atoms with van der Waals surface area (Å²) in [6, 6.07) is 18.9. The summed E-state index contributed by atoms with van der Waals surface area (Å²) in [7, 11) is 3.12. The molecule has 0 saturated carbocycles. The van der Waals surface area contributed by atoms with E-state index in [2.05, 4.69) is 34.4 Å². The molecule has 2 aromatic heterocycles. The molecule has 3 amide bonds. The molecule has 0 unspecified atom stereocenters. The molecule has 0 spiro atoms. The normalized spacial score (nSPS) is 12.2. The number of carbonyl (C=O) groups is 5. The number of likely N-dealkylation sites (N-methyl/N-ethyl adjacent to an activating group) is 1. The highest BCUT2D eigenvalue weighted by Gasteiger charge is 2.27. The van der Waals surface area contributed by atoms with E-state index in [0.717, 1.165) is 72.2 Å². The number of carbonyl (C=O) groups excluding carboxylic acids is 5. The number of aryl methyl sites for hydroxylation is 3. The molecule has 0 radical (unpaired) electrons. The fourth-order valence-electron chi connectivity index (χ4n) is 7.38. The third-order valence-electron chi connectivity index (χ3n) is 10.8. The van der Waals surface area contributed by atoms with E-state index in [-0.39, 0.29) is 48.5 Å². The number of hydrogen-bond acceptors (Lipinski definition) is 10. The van der Waals surface area contributed by atoms with E-state index >= 15 is 0 Å². The van der Waals surface area contributed by atoms with Crippen LogP contribution in [0, 0.1) is 0 Å². The quantitative estimate of drug-likeness (QED) is 0.0850. The lowest BCUT2D eigenvalue weighted by Crippen LogP contribution is -2.41. The van der Waals surface area contributed by atoms with Gasteiger partial charge in [-0.2, -0.15) is 0 Å². The molecular weight excluding hydrogens is 767 g/mol. The van der Waals surface area contributed by atoms with Crippen LogP contribution >= 0.6 is 11.3 Å². The van der Waals surface area contributed by atoms with Crippen molar-refractivity contribution in [1.82, 2.24) is 14.8 Å². The van der Waals surface area contributed by atoms with Crippen molar-refractivity contribution < 1.29 is 33.4 Å². The highest BCUT2D eigenvalue weighted by atomic mass is 32.1. The van der Waals surface area contributed by atoms with Crippen LogP contribution in [-0.2, 0) is 51.3 Å². The molecule has 1 aliphatic rings. The van der Waals surface area contributed by atoms with E-state index in [4.69, 9.17) is 9.47 Å². The number of benzene rings is 2. The van der Waals surface area contributed by atoms with Crippen molar-refractivity contribution in [3.8, 4) is 0 Å². The third kappa shape index (κ3) is 12.5. The monoisotopic (exact) mass is 823 g/mol. The second kappa shape index (κ2) is 22.1. The van der Waals surface area contributed by atoms with E-state index in [1.807, 2.05) is 42.5 Å². The van der Waals surface area contributed by atoms with Gasteiger partial charge in [0.25, 0.3) is 11.8 Å². The van der Waals surface area contributed by atoms with Crippen LogP contribution in [0.25, 0.3) is 0 Å². The Balaban J connectivity index is 1.23. The molecule has 314 valence electrons. The predicted molar refractivity (Wildman–Crippen MR) is 231 cm³/mol. The van der Waals surface area contributed by atoms with Crippen molar-refractivity contribution in [2.75, 3.05) is 44.5 Å². The number of hydrogen-bond donors (Lipinski definition) is 2. The summed E-state index contributed by atoms with van der Waals surface area (Å²) in [5.74, 6) is -1.41. The molecule has 5 rings (SSSR count). The first-order valence-corrected chi connectivity index (χ1v) is 21.5. The molecule has 2 N–H and O–H groups in total.